The molecular weight excluding hydrogens is 817 g/mol. The van der Waals surface area contributed by atoms with E-state index in [0.717, 1.165) is 69.6 Å². The van der Waals surface area contributed by atoms with Gasteiger partial charge in [0.05, 0.1) is 18.2 Å². The summed E-state index contributed by atoms with van der Waals surface area (Å²) in [5.41, 5.74) is 9.18. The quantitative estimate of drug-likeness (QED) is 0.149. The van der Waals surface area contributed by atoms with Gasteiger partial charge in [0.25, 0.3) is 0 Å². The highest BCUT2D eigenvalue weighted by atomic mass is 16.5. The number of esters is 3. The van der Waals surface area contributed by atoms with Gasteiger partial charge in [-0.1, -0.05) is 118 Å². The summed E-state index contributed by atoms with van der Waals surface area (Å²) in [6, 6.07) is 18.8. The van der Waals surface area contributed by atoms with Crippen molar-refractivity contribution in [3.63, 3.8) is 0 Å². The molecule has 8 aliphatic carbocycles. The molecule has 5 fully saturated rings. The predicted molar refractivity (Wildman–Crippen MR) is 262 cm³/mol. The van der Waals surface area contributed by atoms with E-state index in [2.05, 4.69) is 65.8 Å². The van der Waals surface area contributed by atoms with Crippen LogP contribution >= 0.6 is 0 Å². The van der Waals surface area contributed by atoms with Gasteiger partial charge < -0.3 is 14.2 Å². The minimum absolute atomic E-state index is 0.0252. The largest absolute Gasteiger partial charge is 0.469 e. The number of hydrogen-bond acceptors (Lipinski definition) is 6. The molecule has 13 atom stereocenters. The van der Waals surface area contributed by atoms with E-state index in [0.29, 0.717) is 58.0 Å². The van der Waals surface area contributed by atoms with Gasteiger partial charge in [-0.2, -0.15) is 0 Å². The first kappa shape index (κ1) is 46.9. The van der Waals surface area contributed by atoms with E-state index in [-0.39, 0.29) is 40.9 Å². The van der Waals surface area contributed by atoms with Crippen LogP contribution in [0.3, 0.4) is 0 Å². The fraction of sp³-hybridized carbons (Fsp3) is 0.617. The van der Waals surface area contributed by atoms with E-state index >= 15 is 0 Å². The van der Waals surface area contributed by atoms with Crippen LogP contribution in [-0.2, 0) is 19.0 Å². The Labute approximate surface area is 396 Å². The van der Waals surface area contributed by atoms with Crippen LogP contribution in [0.25, 0.3) is 0 Å². The van der Waals surface area contributed by atoms with Gasteiger partial charge >= 0.3 is 17.9 Å². The first-order chi connectivity index (χ1) is 31.7. The van der Waals surface area contributed by atoms with Gasteiger partial charge in [0.2, 0.25) is 0 Å². The molecule has 0 heterocycles. The number of ether oxygens (including phenoxy) is 3. The van der Waals surface area contributed by atoms with Crippen LogP contribution < -0.4 is 0 Å². The molecule has 0 radical (unpaired) electrons. The summed E-state index contributed by atoms with van der Waals surface area (Å²) in [6.07, 6.45) is 29.1. The molecular formula is C60H78O6. The number of carbonyl (C=O) groups excluding carboxylic acids is 3. The van der Waals surface area contributed by atoms with Crippen molar-refractivity contribution in [3.05, 3.63) is 118 Å². The number of carbonyl (C=O) groups is 3. The van der Waals surface area contributed by atoms with Gasteiger partial charge in [-0.15, -0.1) is 0 Å². The van der Waals surface area contributed by atoms with Crippen LogP contribution in [0.5, 0.6) is 0 Å². The maximum absolute atomic E-state index is 12.7. The second kappa shape index (κ2) is 18.7. The molecule has 0 saturated heterocycles. The number of rotatable bonds is 8. The Bertz CT molecular complexity index is 2250. The van der Waals surface area contributed by atoms with E-state index in [9.17, 15) is 14.4 Å². The zero-order chi connectivity index (χ0) is 46.4. The molecule has 0 aromatic heterocycles. The van der Waals surface area contributed by atoms with Gasteiger partial charge in [0, 0.05) is 6.42 Å². The molecule has 66 heavy (non-hydrogen) atoms. The molecule has 354 valence electrons. The molecule has 2 aromatic carbocycles. The van der Waals surface area contributed by atoms with Crippen LogP contribution in [0.4, 0.5) is 0 Å². The number of allylic oxidation sites excluding steroid dienone is 8. The third-order valence-corrected chi connectivity index (χ3v) is 19.9. The van der Waals surface area contributed by atoms with Crippen LogP contribution in [0.15, 0.2) is 107 Å². The maximum Gasteiger partial charge on any atom is 0.338 e. The van der Waals surface area contributed by atoms with Crippen molar-refractivity contribution in [1.82, 2.24) is 0 Å². The maximum atomic E-state index is 12.7. The highest BCUT2D eigenvalue weighted by Crippen LogP contribution is 2.67. The first-order valence-electron chi connectivity index (χ1n) is 26.1. The monoisotopic (exact) mass is 895 g/mol. The van der Waals surface area contributed by atoms with E-state index in [1.165, 1.54) is 52.1 Å². The Morgan fingerprint density at radius 3 is 1.68 bits per heavy atom. The Kier molecular flexibility index (Phi) is 13.3. The summed E-state index contributed by atoms with van der Waals surface area (Å²) in [4.78, 5) is 37.0. The lowest BCUT2D eigenvalue weighted by molar-refractivity contribution is -0.140. The Balaban J connectivity index is 0.000000169. The van der Waals surface area contributed by atoms with Gasteiger partial charge in [-0.3, -0.25) is 4.79 Å². The Morgan fingerprint density at radius 2 is 1.17 bits per heavy atom. The van der Waals surface area contributed by atoms with E-state index in [4.69, 9.17) is 14.2 Å². The van der Waals surface area contributed by atoms with Crippen LogP contribution in [0.1, 0.15) is 171 Å². The van der Waals surface area contributed by atoms with E-state index < -0.39 is 0 Å². The highest BCUT2D eigenvalue weighted by Gasteiger charge is 2.58. The fourth-order valence-electron chi connectivity index (χ4n) is 16.1. The SMILES string of the molecule is C/C=C1/CC[C@H]2[C@@H]3CC[C@@H]4C[C@H](OC(=O)c5ccccc5)CC[C@]4(C)C3=CC[C@]12C.COC(=O)CC[C@@H](C)C1=CC[C@H]2[C@@H]3CC[C@@H]4C[C@H](OC(=O)c5ccccc5)CC[C@]4(C)C3=CC[C@]12C. The minimum Gasteiger partial charge on any atom is -0.469 e. The molecule has 5 saturated carbocycles. The molecule has 6 nitrogen and oxygen atoms in total. The number of benzene rings is 2. The third-order valence-electron chi connectivity index (χ3n) is 19.9. The Morgan fingerprint density at radius 1 is 0.652 bits per heavy atom. The summed E-state index contributed by atoms with van der Waals surface area (Å²) in [6.45, 7) is 14.6. The van der Waals surface area contributed by atoms with Crippen molar-refractivity contribution in [2.75, 3.05) is 7.11 Å². The zero-order valence-corrected chi connectivity index (χ0v) is 41.2. The average molecular weight is 895 g/mol. The normalized spacial score (nSPS) is 38.4. The van der Waals surface area contributed by atoms with Crippen molar-refractivity contribution in [3.8, 4) is 0 Å². The third kappa shape index (κ3) is 8.41. The summed E-state index contributed by atoms with van der Waals surface area (Å²) >= 11 is 0. The second-order valence-electron chi connectivity index (χ2n) is 23.0. The molecule has 0 amide bonds. The highest BCUT2D eigenvalue weighted by molar-refractivity contribution is 5.90. The van der Waals surface area contributed by atoms with E-state index in [1.54, 1.807) is 22.3 Å². The summed E-state index contributed by atoms with van der Waals surface area (Å²) in [7, 11) is 1.48. The second-order valence-corrected chi connectivity index (χ2v) is 23.0. The summed E-state index contributed by atoms with van der Waals surface area (Å²) < 4.78 is 16.8. The molecule has 2 aromatic rings. The lowest BCUT2D eigenvalue weighted by atomic mass is 9.48. The van der Waals surface area contributed by atoms with Gasteiger partial charge in [0.15, 0.2) is 0 Å². The molecule has 10 rings (SSSR count). The van der Waals surface area contributed by atoms with E-state index in [1.807, 2.05) is 60.7 Å². The van der Waals surface area contributed by atoms with Crippen molar-refractivity contribution in [2.24, 2.45) is 63.1 Å². The molecule has 0 N–H and O–H groups in total. The van der Waals surface area contributed by atoms with Crippen molar-refractivity contribution >= 4 is 17.9 Å². The lowest BCUT2D eigenvalue weighted by Gasteiger charge is -2.57. The van der Waals surface area contributed by atoms with Crippen molar-refractivity contribution in [1.29, 1.82) is 0 Å². The molecule has 0 bridgehead atoms. The van der Waals surface area contributed by atoms with Crippen LogP contribution in [-0.4, -0.2) is 37.2 Å². The minimum atomic E-state index is -0.184. The fourth-order valence-corrected chi connectivity index (χ4v) is 16.1. The van der Waals surface area contributed by atoms with Gasteiger partial charge in [0.1, 0.15) is 12.2 Å². The molecule has 6 heteroatoms. The predicted octanol–water partition coefficient (Wildman–Crippen LogP) is 14.4. The standard InChI is InChI=1S/C32H42O4.C28H36O2/c1-21(10-15-29(33)35-4)26-13-14-27-25-12-11-23-20-24(36-30(34)22-8-6-5-7-9-22)16-18-31(23,2)28(25)17-19-32(26,27)3;1-4-20-11-13-24-23-12-10-21-18-22(30-26(29)19-8-6-5-7-9-19)14-16-28(21,3)25(23)15-17-27(20,24)2/h5-9,13,17,21,23-25,27H,10-12,14-16,18-20H2,1-4H3;4-9,15,21-24H,10-14,16-18H2,1-3H3/b;20-4-/t21-,23-,24-,25+,27+,31+,32-;21-,22-,23+,24+,27-,28+/m11/s1. The topological polar surface area (TPSA) is 78.9 Å². The summed E-state index contributed by atoms with van der Waals surface area (Å²) in [5.74, 6) is 4.11. The first-order valence-corrected chi connectivity index (χ1v) is 26.1. The van der Waals surface area contributed by atoms with Gasteiger partial charge in [-0.25, -0.2) is 9.59 Å². The summed E-state index contributed by atoms with van der Waals surface area (Å²) in [5, 5.41) is 0. The van der Waals surface area contributed by atoms with Crippen molar-refractivity contribution in [2.45, 2.75) is 163 Å². The smallest absolute Gasteiger partial charge is 0.338 e. The molecule has 8 aliphatic rings. The Hall–Kier alpha value is -4.19. The molecule has 0 unspecified atom stereocenters. The van der Waals surface area contributed by atoms with Crippen LogP contribution in [0, 0.1) is 63.1 Å². The molecule has 0 spiro atoms. The number of fused-ring (bicyclic) bond motifs is 10. The van der Waals surface area contributed by atoms with Crippen LogP contribution in [0.2, 0.25) is 0 Å². The van der Waals surface area contributed by atoms with Gasteiger partial charge in [-0.05, 0) is 197 Å². The number of hydrogen-bond donors (Lipinski definition) is 0. The number of methoxy groups -OCH3 is 1. The average Bonchev–Trinajstić information content (AvgIpc) is 3.88. The zero-order valence-electron chi connectivity index (χ0n) is 41.2. The molecule has 0 aliphatic heterocycles. The van der Waals surface area contributed by atoms with Crippen molar-refractivity contribution < 1.29 is 28.6 Å². The lowest BCUT2D eigenvalue weighted by Crippen LogP contribution is -2.48.